The van der Waals surface area contributed by atoms with E-state index in [2.05, 4.69) is 0 Å². The number of hydrogen-bond acceptors (Lipinski definition) is 4. The SMILES string of the molecule is COC(=O)C1CCCCN1C(=O)c1ccc(OC)cc1. The van der Waals surface area contributed by atoms with E-state index in [9.17, 15) is 9.59 Å². The Labute approximate surface area is 118 Å². The van der Waals surface area contributed by atoms with Crippen LogP contribution in [0.2, 0.25) is 0 Å². The van der Waals surface area contributed by atoms with Crippen LogP contribution in [0.25, 0.3) is 0 Å². The lowest BCUT2D eigenvalue weighted by Crippen LogP contribution is -2.48. The molecule has 0 aliphatic carbocycles. The van der Waals surface area contributed by atoms with Crippen LogP contribution in [0.3, 0.4) is 0 Å². The van der Waals surface area contributed by atoms with Crippen LogP contribution in [-0.4, -0.2) is 43.6 Å². The largest absolute Gasteiger partial charge is 0.497 e. The van der Waals surface area contributed by atoms with Gasteiger partial charge in [-0.3, -0.25) is 4.79 Å². The van der Waals surface area contributed by atoms with Crippen molar-refractivity contribution in [2.24, 2.45) is 0 Å². The van der Waals surface area contributed by atoms with E-state index in [0.717, 1.165) is 12.8 Å². The maximum absolute atomic E-state index is 12.5. The van der Waals surface area contributed by atoms with Crippen LogP contribution < -0.4 is 4.74 Å². The molecule has 1 aromatic rings. The van der Waals surface area contributed by atoms with Crippen molar-refractivity contribution < 1.29 is 19.1 Å². The number of likely N-dealkylation sites (tertiary alicyclic amines) is 1. The van der Waals surface area contributed by atoms with Crippen molar-refractivity contribution in [2.75, 3.05) is 20.8 Å². The molecule has 2 rings (SSSR count). The van der Waals surface area contributed by atoms with Crippen molar-refractivity contribution in [1.82, 2.24) is 4.90 Å². The summed E-state index contributed by atoms with van der Waals surface area (Å²) in [6, 6.07) is 6.44. The van der Waals surface area contributed by atoms with Crippen molar-refractivity contribution >= 4 is 11.9 Å². The standard InChI is InChI=1S/C15H19NO4/c1-19-12-8-6-11(7-9-12)14(17)16-10-4-3-5-13(16)15(18)20-2/h6-9,13H,3-5,10H2,1-2H3. The third-order valence-corrected chi connectivity index (χ3v) is 3.57. The van der Waals surface area contributed by atoms with Crippen LogP contribution in [0.5, 0.6) is 5.75 Å². The summed E-state index contributed by atoms with van der Waals surface area (Å²) in [4.78, 5) is 25.9. The van der Waals surface area contributed by atoms with Gasteiger partial charge in [-0.05, 0) is 43.5 Å². The molecule has 1 amide bonds. The van der Waals surface area contributed by atoms with Crippen molar-refractivity contribution in [3.05, 3.63) is 29.8 Å². The van der Waals surface area contributed by atoms with Crippen LogP contribution in [0, 0.1) is 0 Å². The predicted octanol–water partition coefficient (Wildman–Crippen LogP) is 1.86. The summed E-state index contributed by atoms with van der Waals surface area (Å²) in [7, 11) is 2.93. The molecule has 0 aromatic heterocycles. The highest BCUT2D eigenvalue weighted by Gasteiger charge is 2.33. The van der Waals surface area contributed by atoms with Gasteiger partial charge in [-0.25, -0.2) is 4.79 Å². The number of ether oxygens (including phenoxy) is 2. The average Bonchev–Trinajstić information content (AvgIpc) is 2.53. The van der Waals surface area contributed by atoms with Crippen molar-refractivity contribution in [2.45, 2.75) is 25.3 Å². The lowest BCUT2D eigenvalue weighted by Gasteiger charge is -2.33. The maximum Gasteiger partial charge on any atom is 0.328 e. The Morgan fingerprint density at radius 1 is 1.15 bits per heavy atom. The topological polar surface area (TPSA) is 55.8 Å². The minimum Gasteiger partial charge on any atom is -0.497 e. The Morgan fingerprint density at radius 2 is 1.85 bits per heavy atom. The Morgan fingerprint density at radius 3 is 2.45 bits per heavy atom. The molecule has 1 atom stereocenters. The second-order valence-electron chi connectivity index (χ2n) is 4.76. The first-order valence-corrected chi connectivity index (χ1v) is 6.70. The summed E-state index contributed by atoms with van der Waals surface area (Å²) in [6.07, 6.45) is 2.51. The Hall–Kier alpha value is -2.04. The van der Waals surface area contributed by atoms with Crippen LogP contribution in [0.1, 0.15) is 29.6 Å². The maximum atomic E-state index is 12.5. The zero-order valence-electron chi connectivity index (χ0n) is 11.8. The van der Waals surface area contributed by atoms with Gasteiger partial charge in [-0.15, -0.1) is 0 Å². The molecule has 0 N–H and O–H groups in total. The Bertz CT molecular complexity index is 483. The molecule has 108 valence electrons. The molecule has 1 aliphatic heterocycles. The van der Waals surface area contributed by atoms with E-state index >= 15 is 0 Å². The number of methoxy groups -OCH3 is 2. The smallest absolute Gasteiger partial charge is 0.328 e. The molecule has 1 unspecified atom stereocenters. The molecule has 5 heteroatoms. The number of esters is 1. The fraction of sp³-hybridized carbons (Fsp3) is 0.467. The molecule has 1 aromatic carbocycles. The fourth-order valence-corrected chi connectivity index (χ4v) is 2.46. The Balaban J connectivity index is 2.18. The van der Waals surface area contributed by atoms with E-state index in [4.69, 9.17) is 9.47 Å². The number of nitrogens with zero attached hydrogens (tertiary/aromatic N) is 1. The number of rotatable bonds is 3. The molecule has 1 saturated heterocycles. The monoisotopic (exact) mass is 277 g/mol. The zero-order valence-corrected chi connectivity index (χ0v) is 11.8. The first-order chi connectivity index (χ1) is 9.67. The van der Waals surface area contributed by atoms with E-state index in [-0.39, 0.29) is 11.9 Å². The summed E-state index contributed by atoms with van der Waals surface area (Å²) >= 11 is 0. The first kappa shape index (κ1) is 14.4. The normalized spacial score (nSPS) is 18.5. The van der Waals surface area contributed by atoms with Crippen LogP contribution in [-0.2, 0) is 9.53 Å². The van der Waals surface area contributed by atoms with Crippen molar-refractivity contribution in [3.8, 4) is 5.75 Å². The van der Waals surface area contributed by atoms with Crippen LogP contribution >= 0.6 is 0 Å². The number of hydrogen-bond donors (Lipinski definition) is 0. The van der Waals surface area contributed by atoms with E-state index in [1.54, 1.807) is 36.3 Å². The van der Waals surface area contributed by atoms with Gasteiger partial charge in [0.15, 0.2) is 0 Å². The van der Waals surface area contributed by atoms with Crippen LogP contribution in [0.15, 0.2) is 24.3 Å². The summed E-state index contributed by atoms with van der Waals surface area (Å²) in [5.41, 5.74) is 0.557. The Kier molecular flexibility index (Phi) is 4.61. The number of benzene rings is 1. The second-order valence-corrected chi connectivity index (χ2v) is 4.76. The summed E-state index contributed by atoms with van der Waals surface area (Å²) in [5.74, 6) is 0.221. The predicted molar refractivity (Wildman–Crippen MR) is 73.7 cm³/mol. The highest BCUT2D eigenvalue weighted by Crippen LogP contribution is 2.21. The van der Waals surface area contributed by atoms with Gasteiger partial charge in [0.25, 0.3) is 5.91 Å². The highest BCUT2D eigenvalue weighted by atomic mass is 16.5. The van der Waals surface area contributed by atoms with Crippen molar-refractivity contribution in [3.63, 3.8) is 0 Å². The number of amides is 1. The quantitative estimate of drug-likeness (QED) is 0.791. The summed E-state index contributed by atoms with van der Waals surface area (Å²) in [6.45, 7) is 0.588. The third-order valence-electron chi connectivity index (χ3n) is 3.57. The number of piperidine rings is 1. The molecule has 1 fully saturated rings. The molecular formula is C15H19NO4. The molecule has 0 saturated carbocycles. The minimum atomic E-state index is -0.469. The molecule has 1 heterocycles. The van der Waals surface area contributed by atoms with Gasteiger partial charge in [-0.2, -0.15) is 0 Å². The average molecular weight is 277 g/mol. The first-order valence-electron chi connectivity index (χ1n) is 6.70. The lowest BCUT2D eigenvalue weighted by molar-refractivity contribution is -0.147. The van der Waals surface area contributed by atoms with Gasteiger partial charge in [0.1, 0.15) is 11.8 Å². The van der Waals surface area contributed by atoms with E-state index in [1.807, 2.05) is 0 Å². The minimum absolute atomic E-state index is 0.136. The molecular weight excluding hydrogens is 258 g/mol. The molecule has 0 spiro atoms. The lowest BCUT2D eigenvalue weighted by atomic mass is 10.0. The third kappa shape index (κ3) is 2.92. The zero-order chi connectivity index (χ0) is 14.5. The van der Waals surface area contributed by atoms with Gasteiger partial charge < -0.3 is 14.4 Å². The summed E-state index contributed by atoms with van der Waals surface area (Å²) < 4.78 is 9.86. The molecule has 20 heavy (non-hydrogen) atoms. The highest BCUT2D eigenvalue weighted by molar-refractivity contribution is 5.97. The van der Waals surface area contributed by atoms with Crippen molar-refractivity contribution in [1.29, 1.82) is 0 Å². The molecule has 5 nitrogen and oxygen atoms in total. The summed E-state index contributed by atoms with van der Waals surface area (Å²) in [5, 5.41) is 0. The van der Waals surface area contributed by atoms with Crippen LogP contribution in [0.4, 0.5) is 0 Å². The van der Waals surface area contributed by atoms with E-state index in [0.29, 0.717) is 24.3 Å². The number of carbonyl (C=O) groups excluding carboxylic acids is 2. The van der Waals surface area contributed by atoms with Gasteiger partial charge in [0.2, 0.25) is 0 Å². The fourth-order valence-electron chi connectivity index (χ4n) is 2.46. The van der Waals surface area contributed by atoms with Gasteiger partial charge in [0.05, 0.1) is 14.2 Å². The molecule has 1 aliphatic rings. The van der Waals surface area contributed by atoms with E-state index in [1.165, 1.54) is 7.11 Å². The van der Waals surface area contributed by atoms with Gasteiger partial charge in [0, 0.05) is 12.1 Å². The van der Waals surface area contributed by atoms with Gasteiger partial charge in [-0.1, -0.05) is 0 Å². The molecule has 0 bridgehead atoms. The molecule has 0 radical (unpaired) electrons. The van der Waals surface area contributed by atoms with Gasteiger partial charge >= 0.3 is 5.97 Å². The van der Waals surface area contributed by atoms with E-state index < -0.39 is 6.04 Å². The number of carbonyl (C=O) groups is 2. The second kappa shape index (κ2) is 6.41.